The van der Waals surface area contributed by atoms with Crippen LogP contribution in [-0.2, 0) is 0 Å². The van der Waals surface area contributed by atoms with Crippen LogP contribution in [0.3, 0.4) is 0 Å². The first-order valence-corrected chi connectivity index (χ1v) is 6.34. The van der Waals surface area contributed by atoms with Crippen LogP contribution in [0, 0.1) is 6.92 Å². The molecule has 0 amide bonds. The highest BCUT2D eigenvalue weighted by Gasteiger charge is 2.20. The number of hydrogen-bond donors (Lipinski definition) is 2. The lowest BCUT2D eigenvalue weighted by Gasteiger charge is -2.20. The number of rotatable bonds is 5. The minimum atomic E-state index is -0.640. The Morgan fingerprint density at radius 2 is 2.07 bits per heavy atom. The molecule has 0 radical (unpaired) electrons. The third-order valence-corrected chi connectivity index (χ3v) is 4.03. The smallest absolute Gasteiger partial charge is 0.0802 e. The Balaban J connectivity index is 2.69. The minimum absolute atomic E-state index is 0.370. The van der Waals surface area contributed by atoms with Crippen molar-refractivity contribution in [1.82, 2.24) is 0 Å². The Bertz CT molecular complexity index is 294. The fourth-order valence-corrected chi connectivity index (χ4v) is 2.88. The van der Waals surface area contributed by atoms with Crippen molar-refractivity contribution in [3.05, 3.63) is 21.9 Å². The van der Waals surface area contributed by atoms with Gasteiger partial charge in [0.1, 0.15) is 0 Å². The molecule has 3 unspecified atom stereocenters. The van der Waals surface area contributed by atoms with Gasteiger partial charge in [-0.2, -0.15) is 0 Å². The van der Waals surface area contributed by atoms with Gasteiger partial charge in [-0.25, -0.2) is 0 Å². The molecule has 0 saturated heterocycles. The van der Waals surface area contributed by atoms with Gasteiger partial charge in [0.2, 0.25) is 0 Å². The van der Waals surface area contributed by atoms with Gasteiger partial charge in [0.15, 0.2) is 0 Å². The van der Waals surface area contributed by atoms with E-state index >= 15 is 0 Å². The zero-order valence-electron chi connectivity index (χ0n) is 9.60. The van der Waals surface area contributed by atoms with Crippen LogP contribution in [0.1, 0.15) is 43.0 Å². The summed E-state index contributed by atoms with van der Waals surface area (Å²) in [6.07, 6.45) is 0.400. The van der Waals surface area contributed by atoms with Gasteiger partial charge in [0.25, 0.3) is 0 Å². The summed E-state index contributed by atoms with van der Waals surface area (Å²) in [6, 6.07) is 2.11. The normalized spacial score (nSPS) is 17.4. The van der Waals surface area contributed by atoms with Crippen molar-refractivity contribution in [3.8, 4) is 0 Å². The second-order valence-electron chi connectivity index (χ2n) is 4.12. The van der Waals surface area contributed by atoms with Crippen molar-refractivity contribution < 1.29 is 10.2 Å². The number of thiophene rings is 1. The lowest BCUT2D eigenvalue weighted by Crippen LogP contribution is -2.24. The van der Waals surface area contributed by atoms with E-state index in [1.165, 1.54) is 10.4 Å². The molecule has 0 aliphatic carbocycles. The standard InChI is InChI=1S/C12H20O2S/c1-4-10(7-11(14)9(3)13)12-8(2)5-6-15-12/h5-6,9-11,13-14H,4,7H2,1-3H3. The van der Waals surface area contributed by atoms with E-state index in [9.17, 15) is 10.2 Å². The third kappa shape index (κ3) is 3.30. The molecule has 0 spiro atoms. The van der Waals surface area contributed by atoms with E-state index in [2.05, 4.69) is 25.3 Å². The second-order valence-corrected chi connectivity index (χ2v) is 5.06. The first-order chi connectivity index (χ1) is 7.06. The molecule has 86 valence electrons. The zero-order chi connectivity index (χ0) is 11.4. The van der Waals surface area contributed by atoms with Gasteiger partial charge in [-0.3, -0.25) is 0 Å². The molecule has 15 heavy (non-hydrogen) atoms. The van der Waals surface area contributed by atoms with Crippen LogP contribution in [0.2, 0.25) is 0 Å². The largest absolute Gasteiger partial charge is 0.391 e. The molecule has 2 N–H and O–H groups in total. The van der Waals surface area contributed by atoms with Gasteiger partial charge in [-0.05, 0) is 49.6 Å². The molecule has 0 aromatic carbocycles. The number of aliphatic hydroxyl groups excluding tert-OH is 2. The van der Waals surface area contributed by atoms with Crippen LogP contribution < -0.4 is 0 Å². The van der Waals surface area contributed by atoms with Gasteiger partial charge in [0, 0.05) is 4.88 Å². The minimum Gasteiger partial charge on any atom is -0.391 e. The Morgan fingerprint density at radius 1 is 1.40 bits per heavy atom. The van der Waals surface area contributed by atoms with E-state index < -0.39 is 12.2 Å². The molecule has 0 saturated carbocycles. The SMILES string of the molecule is CCC(CC(O)C(C)O)c1sccc1C. The molecule has 1 aromatic rings. The number of hydrogen-bond acceptors (Lipinski definition) is 3. The lowest BCUT2D eigenvalue weighted by atomic mass is 9.93. The van der Waals surface area contributed by atoms with Crippen LogP contribution in [-0.4, -0.2) is 22.4 Å². The summed E-state index contributed by atoms with van der Waals surface area (Å²) in [5.41, 5.74) is 1.30. The molecule has 0 aliphatic rings. The maximum absolute atomic E-state index is 9.67. The van der Waals surface area contributed by atoms with Gasteiger partial charge in [0.05, 0.1) is 12.2 Å². The Labute approximate surface area is 95.6 Å². The maximum Gasteiger partial charge on any atom is 0.0802 e. The van der Waals surface area contributed by atoms with E-state index in [0.29, 0.717) is 12.3 Å². The number of aryl methyl sites for hydroxylation is 1. The summed E-state index contributed by atoms with van der Waals surface area (Å²) in [5, 5.41) is 21.0. The van der Waals surface area contributed by atoms with Gasteiger partial charge in [-0.1, -0.05) is 6.92 Å². The highest BCUT2D eigenvalue weighted by atomic mass is 32.1. The molecular formula is C12H20O2S. The first kappa shape index (κ1) is 12.7. The molecule has 1 aromatic heterocycles. The predicted octanol–water partition coefficient (Wildman–Crippen LogP) is 2.68. The van der Waals surface area contributed by atoms with Crippen LogP contribution in [0.15, 0.2) is 11.4 Å². The molecule has 0 fully saturated rings. The predicted molar refractivity (Wildman–Crippen MR) is 64.4 cm³/mol. The molecule has 3 atom stereocenters. The summed E-state index contributed by atoms with van der Waals surface area (Å²) >= 11 is 1.74. The molecule has 3 heteroatoms. The van der Waals surface area contributed by atoms with Crippen molar-refractivity contribution in [2.24, 2.45) is 0 Å². The van der Waals surface area contributed by atoms with Gasteiger partial charge < -0.3 is 10.2 Å². The molecule has 2 nitrogen and oxygen atoms in total. The molecule has 0 bridgehead atoms. The first-order valence-electron chi connectivity index (χ1n) is 5.46. The van der Waals surface area contributed by atoms with E-state index in [-0.39, 0.29) is 0 Å². The van der Waals surface area contributed by atoms with E-state index in [1.54, 1.807) is 18.3 Å². The highest BCUT2D eigenvalue weighted by molar-refractivity contribution is 7.10. The third-order valence-electron chi connectivity index (χ3n) is 2.85. The zero-order valence-corrected chi connectivity index (χ0v) is 10.4. The van der Waals surface area contributed by atoms with Crippen LogP contribution in [0.5, 0.6) is 0 Å². The van der Waals surface area contributed by atoms with Crippen molar-refractivity contribution in [1.29, 1.82) is 0 Å². The second kappa shape index (κ2) is 5.64. The number of aliphatic hydroxyl groups is 2. The summed E-state index contributed by atoms with van der Waals surface area (Å²) in [4.78, 5) is 1.34. The monoisotopic (exact) mass is 228 g/mol. The lowest BCUT2D eigenvalue weighted by molar-refractivity contribution is 0.0217. The fourth-order valence-electron chi connectivity index (χ4n) is 1.75. The summed E-state index contributed by atoms with van der Waals surface area (Å²) in [5.74, 6) is 0.370. The van der Waals surface area contributed by atoms with E-state index in [4.69, 9.17) is 0 Å². The topological polar surface area (TPSA) is 40.5 Å². The van der Waals surface area contributed by atoms with E-state index in [1.807, 2.05) is 0 Å². The molecule has 0 aliphatic heterocycles. The summed E-state index contributed by atoms with van der Waals surface area (Å²) in [6.45, 7) is 5.86. The molecule has 1 rings (SSSR count). The van der Waals surface area contributed by atoms with Gasteiger partial charge >= 0.3 is 0 Å². The molecule has 1 heterocycles. The Morgan fingerprint density at radius 3 is 2.47 bits per heavy atom. The Kier molecular flexibility index (Phi) is 4.77. The average molecular weight is 228 g/mol. The van der Waals surface area contributed by atoms with Crippen molar-refractivity contribution >= 4 is 11.3 Å². The quantitative estimate of drug-likeness (QED) is 0.813. The summed E-state index contributed by atoms with van der Waals surface area (Å²) in [7, 11) is 0. The maximum atomic E-state index is 9.67. The van der Waals surface area contributed by atoms with Gasteiger partial charge in [-0.15, -0.1) is 11.3 Å². The van der Waals surface area contributed by atoms with Crippen molar-refractivity contribution in [2.45, 2.75) is 51.7 Å². The highest BCUT2D eigenvalue weighted by Crippen LogP contribution is 2.32. The average Bonchev–Trinajstić information content (AvgIpc) is 2.60. The van der Waals surface area contributed by atoms with Crippen molar-refractivity contribution in [3.63, 3.8) is 0 Å². The fraction of sp³-hybridized carbons (Fsp3) is 0.667. The van der Waals surface area contributed by atoms with E-state index in [0.717, 1.165) is 6.42 Å². The summed E-state index contributed by atoms with van der Waals surface area (Å²) < 4.78 is 0. The molecular weight excluding hydrogens is 208 g/mol. The Hall–Kier alpha value is -0.380. The van der Waals surface area contributed by atoms with Crippen molar-refractivity contribution in [2.75, 3.05) is 0 Å². The van der Waals surface area contributed by atoms with Crippen LogP contribution in [0.25, 0.3) is 0 Å². The van der Waals surface area contributed by atoms with Crippen LogP contribution >= 0.6 is 11.3 Å². The van der Waals surface area contributed by atoms with Crippen LogP contribution in [0.4, 0.5) is 0 Å².